The molecular formula is C19H15Cl2N3OS. The van der Waals surface area contributed by atoms with Gasteiger partial charge in [0.25, 0.3) is 0 Å². The molecule has 2 unspecified atom stereocenters. The summed E-state index contributed by atoms with van der Waals surface area (Å²) < 4.78 is 6.15. The van der Waals surface area contributed by atoms with Crippen LogP contribution in [0.15, 0.2) is 59.1 Å². The molecule has 1 fully saturated rings. The standard InChI is InChI=1S/C19H15Cl2N3OS/c1-24-18(17(23-19(24)26)13-7-2-3-10-22-13)15-9-8-14(25-15)11-5-4-6-12(20)16(11)21/h2-10,17-18H,1H3,(H,23,26). The van der Waals surface area contributed by atoms with Gasteiger partial charge in [0.2, 0.25) is 0 Å². The van der Waals surface area contributed by atoms with Crippen molar-refractivity contribution in [2.24, 2.45) is 0 Å². The van der Waals surface area contributed by atoms with Crippen molar-refractivity contribution < 1.29 is 4.42 Å². The SMILES string of the molecule is CN1C(=S)NC(c2ccccn2)C1c1ccc(-c2cccc(Cl)c2Cl)o1. The first kappa shape index (κ1) is 17.3. The van der Waals surface area contributed by atoms with Gasteiger partial charge in [0.1, 0.15) is 17.6 Å². The van der Waals surface area contributed by atoms with Gasteiger partial charge in [-0.1, -0.05) is 35.3 Å². The fourth-order valence-electron chi connectivity index (χ4n) is 3.17. The number of likely N-dealkylation sites (N-methyl/N-ethyl adjacent to an activating group) is 1. The van der Waals surface area contributed by atoms with E-state index in [2.05, 4.69) is 10.3 Å². The van der Waals surface area contributed by atoms with Crippen LogP contribution in [0.5, 0.6) is 0 Å². The van der Waals surface area contributed by atoms with Crippen molar-refractivity contribution in [3.63, 3.8) is 0 Å². The monoisotopic (exact) mass is 403 g/mol. The van der Waals surface area contributed by atoms with E-state index in [4.69, 9.17) is 39.8 Å². The quantitative estimate of drug-likeness (QED) is 0.604. The van der Waals surface area contributed by atoms with Crippen molar-refractivity contribution >= 4 is 40.5 Å². The average Bonchev–Trinajstić information content (AvgIpc) is 3.23. The molecule has 1 saturated heterocycles. The maximum absolute atomic E-state index is 6.33. The smallest absolute Gasteiger partial charge is 0.170 e. The molecule has 2 atom stereocenters. The highest BCUT2D eigenvalue weighted by Crippen LogP contribution is 2.41. The molecule has 0 saturated carbocycles. The first-order chi connectivity index (χ1) is 12.6. The van der Waals surface area contributed by atoms with Gasteiger partial charge < -0.3 is 14.6 Å². The Kier molecular flexibility index (Phi) is 4.61. The number of aromatic nitrogens is 1. The predicted octanol–water partition coefficient (Wildman–Crippen LogP) is 5.25. The van der Waals surface area contributed by atoms with Crippen LogP contribution in [-0.2, 0) is 0 Å². The number of furan rings is 1. The minimum atomic E-state index is -0.107. The number of halogens is 2. The minimum absolute atomic E-state index is 0.0949. The first-order valence-electron chi connectivity index (χ1n) is 8.04. The minimum Gasteiger partial charge on any atom is -0.459 e. The first-order valence-corrected chi connectivity index (χ1v) is 9.21. The summed E-state index contributed by atoms with van der Waals surface area (Å²) in [7, 11) is 1.94. The molecule has 1 aliphatic rings. The summed E-state index contributed by atoms with van der Waals surface area (Å²) in [4.78, 5) is 6.45. The Bertz CT molecular complexity index is 960. The zero-order valence-electron chi connectivity index (χ0n) is 13.8. The molecule has 1 N–H and O–H groups in total. The van der Waals surface area contributed by atoms with Crippen molar-refractivity contribution in [2.75, 3.05) is 7.05 Å². The second kappa shape index (κ2) is 6.91. The molecule has 2 aromatic heterocycles. The summed E-state index contributed by atoms with van der Waals surface area (Å²) in [6, 6.07) is 15.0. The van der Waals surface area contributed by atoms with E-state index in [-0.39, 0.29) is 12.1 Å². The molecule has 26 heavy (non-hydrogen) atoms. The van der Waals surface area contributed by atoms with Crippen molar-refractivity contribution in [2.45, 2.75) is 12.1 Å². The average molecular weight is 404 g/mol. The van der Waals surface area contributed by atoms with Gasteiger partial charge in [-0.05, 0) is 48.6 Å². The van der Waals surface area contributed by atoms with Crippen molar-refractivity contribution in [3.05, 3.63) is 76.2 Å². The van der Waals surface area contributed by atoms with E-state index < -0.39 is 0 Å². The Morgan fingerprint density at radius 2 is 1.96 bits per heavy atom. The van der Waals surface area contributed by atoms with Crippen LogP contribution in [0.2, 0.25) is 10.0 Å². The van der Waals surface area contributed by atoms with Crippen molar-refractivity contribution in [1.29, 1.82) is 0 Å². The lowest BCUT2D eigenvalue weighted by Crippen LogP contribution is -2.24. The summed E-state index contributed by atoms with van der Waals surface area (Å²) in [5.41, 5.74) is 1.67. The van der Waals surface area contributed by atoms with E-state index in [1.807, 2.05) is 54.4 Å². The van der Waals surface area contributed by atoms with Crippen molar-refractivity contribution in [1.82, 2.24) is 15.2 Å². The second-order valence-corrected chi connectivity index (χ2v) is 7.21. The lowest BCUT2D eigenvalue weighted by Gasteiger charge is -2.21. The van der Waals surface area contributed by atoms with Crippen LogP contribution in [0.25, 0.3) is 11.3 Å². The highest BCUT2D eigenvalue weighted by Gasteiger charge is 2.39. The molecule has 0 radical (unpaired) electrons. The van der Waals surface area contributed by atoms with Crippen LogP contribution in [-0.4, -0.2) is 22.0 Å². The summed E-state index contributed by atoms with van der Waals surface area (Å²) in [5.74, 6) is 1.44. The van der Waals surface area contributed by atoms with Gasteiger partial charge in [-0.15, -0.1) is 0 Å². The molecule has 4 rings (SSSR count). The molecule has 1 aliphatic heterocycles. The topological polar surface area (TPSA) is 41.3 Å². The Balaban J connectivity index is 1.73. The van der Waals surface area contributed by atoms with Gasteiger partial charge in [0, 0.05) is 18.8 Å². The lowest BCUT2D eigenvalue weighted by molar-refractivity contribution is 0.310. The molecule has 3 heterocycles. The number of nitrogens with one attached hydrogen (secondary N) is 1. The van der Waals surface area contributed by atoms with Crippen molar-refractivity contribution in [3.8, 4) is 11.3 Å². The van der Waals surface area contributed by atoms with Gasteiger partial charge in [-0.25, -0.2) is 0 Å². The zero-order valence-corrected chi connectivity index (χ0v) is 16.1. The number of pyridine rings is 1. The Morgan fingerprint density at radius 1 is 1.12 bits per heavy atom. The third-order valence-electron chi connectivity index (χ3n) is 4.47. The number of hydrogen-bond donors (Lipinski definition) is 1. The molecule has 0 bridgehead atoms. The van der Waals surface area contributed by atoms with Crippen LogP contribution < -0.4 is 5.32 Å². The molecular weight excluding hydrogens is 389 g/mol. The van der Waals surface area contributed by atoms with E-state index in [1.54, 1.807) is 12.3 Å². The van der Waals surface area contributed by atoms with Gasteiger partial charge in [0.15, 0.2) is 5.11 Å². The van der Waals surface area contributed by atoms with E-state index in [0.717, 1.165) is 17.0 Å². The van der Waals surface area contributed by atoms with E-state index in [0.29, 0.717) is 20.9 Å². The molecule has 7 heteroatoms. The number of benzene rings is 1. The maximum Gasteiger partial charge on any atom is 0.170 e. The highest BCUT2D eigenvalue weighted by atomic mass is 35.5. The van der Waals surface area contributed by atoms with Crippen LogP contribution in [0.3, 0.4) is 0 Å². The summed E-state index contributed by atoms with van der Waals surface area (Å²) >= 11 is 17.9. The summed E-state index contributed by atoms with van der Waals surface area (Å²) in [5, 5.41) is 4.95. The van der Waals surface area contributed by atoms with E-state index in [9.17, 15) is 0 Å². The number of hydrogen-bond acceptors (Lipinski definition) is 3. The Hall–Kier alpha value is -2.08. The van der Waals surface area contributed by atoms with Crippen LogP contribution in [0, 0.1) is 0 Å². The van der Waals surface area contributed by atoms with Gasteiger partial charge >= 0.3 is 0 Å². The van der Waals surface area contributed by atoms with Crippen LogP contribution in [0.1, 0.15) is 23.5 Å². The summed E-state index contributed by atoms with van der Waals surface area (Å²) in [6.07, 6.45) is 1.77. The Morgan fingerprint density at radius 3 is 2.73 bits per heavy atom. The van der Waals surface area contributed by atoms with Gasteiger partial charge in [-0.2, -0.15) is 0 Å². The zero-order chi connectivity index (χ0) is 18.3. The molecule has 4 nitrogen and oxygen atoms in total. The lowest BCUT2D eigenvalue weighted by atomic mass is 10.0. The predicted molar refractivity (Wildman–Crippen MR) is 107 cm³/mol. The molecule has 1 aromatic carbocycles. The summed E-state index contributed by atoms with van der Waals surface area (Å²) in [6.45, 7) is 0. The third-order valence-corrected chi connectivity index (χ3v) is 5.70. The van der Waals surface area contributed by atoms with Gasteiger partial charge in [-0.3, -0.25) is 4.98 Å². The van der Waals surface area contributed by atoms with E-state index >= 15 is 0 Å². The van der Waals surface area contributed by atoms with Gasteiger partial charge in [0.05, 0.1) is 21.8 Å². The molecule has 132 valence electrons. The maximum atomic E-state index is 6.33. The molecule has 0 amide bonds. The fraction of sp³-hybridized carbons (Fsp3) is 0.158. The highest BCUT2D eigenvalue weighted by molar-refractivity contribution is 7.80. The number of nitrogens with zero attached hydrogens (tertiary/aromatic N) is 2. The van der Waals surface area contributed by atoms with E-state index in [1.165, 1.54) is 0 Å². The molecule has 0 spiro atoms. The largest absolute Gasteiger partial charge is 0.459 e. The number of rotatable bonds is 3. The fourth-order valence-corrected chi connectivity index (χ4v) is 3.80. The molecule has 3 aromatic rings. The normalized spacial score (nSPS) is 19.7. The Labute approximate surface area is 166 Å². The van der Waals surface area contributed by atoms with Crippen LogP contribution >= 0.6 is 35.4 Å². The van der Waals surface area contributed by atoms with Crippen LogP contribution in [0.4, 0.5) is 0 Å². The number of thiocarbonyl (C=S) groups is 1. The second-order valence-electron chi connectivity index (χ2n) is 6.04. The molecule has 0 aliphatic carbocycles. The third kappa shape index (κ3) is 2.96.